The van der Waals surface area contributed by atoms with Crippen molar-refractivity contribution < 1.29 is 4.74 Å². The molecule has 1 saturated heterocycles. The lowest BCUT2D eigenvalue weighted by molar-refractivity contribution is 0.0493. The molecule has 1 aromatic carbocycles. The van der Waals surface area contributed by atoms with Crippen LogP contribution in [0, 0.1) is 12.8 Å². The minimum atomic E-state index is 0.224. The molecule has 1 aliphatic rings. The average Bonchev–Trinajstić information content (AvgIpc) is 2.98. The zero-order chi connectivity index (χ0) is 14.8. The Labute approximate surface area is 124 Å². The molecular weight excluding hydrogens is 266 g/mol. The first-order valence-electron chi connectivity index (χ1n) is 7.32. The highest BCUT2D eigenvalue weighted by atomic mass is 16.5. The van der Waals surface area contributed by atoms with E-state index in [2.05, 4.69) is 46.4 Å². The number of rotatable bonds is 3. The summed E-state index contributed by atoms with van der Waals surface area (Å²) < 4.78 is 7.37. The number of anilines is 1. The van der Waals surface area contributed by atoms with E-state index in [0.29, 0.717) is 5.92 Å². The van der Waals surface area contributed by atoms with Crippen LogP contribution in [0.25, 0.3) is 5.69 Å². The van der Waals surface area contributed by atoms with Crippen LogP contribution in [0.4, 0.5) is 5.95 Å². The van der Waals surface area contributed by atoms with E-state index in [1.54, 1.807) is 11.8 Å². The van der Waals surface area contributed by atoms with Crippen LogP contribution in [-0.2, 0) is 4.74 Å². The van der Waals surface area contributed by atoms with E-state index in [-0.39, 0.29) is 6.10 Å². The first kappa shape index (κ1) is 14.0. The Morgan fingerprint density at radius 2 is 2.00 bits per heavy atom. The average molecular weight is 287 g/mol. The fraction of sp³-hybridized carbons (Fsp3) is 0.533. The molecule has 0 amide bonds. The molecule has 2 atom stereocenters. The van der Waals surface area contributed by atoms with E-state index in [1.807, 2.05) is 12.1 Å². The van der Waals surface area contributed by atoms with Crippen molar-refractivity contribution in [1.82, 2.24) is 20.2 Å². The second-order valence-electron chi connectivity index (χ2n) is 5.71. The maximum atomic E-state index is 5.57. The van der Waals surface area contributed by atoms with Gasteiger partial charge in [0.25, 0.3) is 0 Å². The first-order valence-corrected chi connectivity index (χ1v) is 7.32. The number of tetrazole rings is 1. The van der Waals surface area contributed by atoms with E-state index in [1.165, 1.54) is 5.56 Å². The molecule has 2 heterocycles. The van der Waals surface area contributed by atoms with Crippen LogP contribution >= 0.6 is 0 Å². The van der Waals surface area contributed by atoms with Crippen molar-refractivity contribution in [2.24, 2.45) is 5.92 Å². The van der Waals surface area contributed by atoms with Gasteiger partial charge in [-0.3, -0.25) is 0 Å². The number of aryl methyl sites for hydroxylation is 1. The molecule has 3 rings (SSSR count). The normalized spacial score (nSPS) is 22.5. The molecule has 1 aromatic heterocycles. The lowest BCUT2D eigenvalue weighted by atomic mass is 9.96. The molecule has 6 nitrogen and oxygen atoms in total. The maximum absolute atomic E-state index is 5.57. The third-order valence-electron chi connectivity index (χ3n) is 4.21. The number of ether oxygens (including phenoxy) is 1. The lowest BCUT2D eigenvalue weighted by Crippen LogP contribution is -2.45. The van der Waals surface area contributed by atoms with Gasteiger partial charge in [0, 0.05) is 20.2 Å². The summed E-state index contributed by atoms with van der Waals surface area (Å²) in [6, 6.07) is 8.21. The van der Waals surface area contributed by atoms with Crippen LogP contribution < -0.4 is 4.90 Å². The van der Waals surface area contributed by atoms with Crippen molar-refractivity contribution in [1.29, 1.82) is 0 Å². The second kappa shape index (κ2) is 5.81. The fourth-order valence-corrected chi connectivity index (χ4v) is 2.75. The largest absolute Gasteiger partial charge is 0.379 e. The molecule has 2 aromatic rings. The number of aromatic nitrogens is 4. The molecule has 112 valence electrons. The maximum Gasteiger partial charge on any atom is 0.250 e. The topological polar surface area (TPSA) is 56.1 Å². The van der Waals surface area contributed by atoms with Gasteiger partial charge in [0.2, 0.25) is 5.95 Å². The fourth-order valence-electron chi connectivity index (χ4n) is 2.75. The van der Waals surface area contributed by atoms with Gasteiger partial charge in [-0.2, -0.15) is 4.68 Å². The summed E-state index contributed by atoms with van der Waals surface area (Å²) in [5, 5.41) is 12.2. The minimum absolute atomic E-state index is 0.224. The van der Waals surface area contributed by atoms with E-state index in [4.69, 9.17) is 4.74 Å². The molecule has 21 heavy (non-hydrogen) atoms. The van der Waals surface area contributed by atoms with Gasteiger partial charge >= 0.3 is 0 Å². The van der Waals surface area contributed by atoms with Crippen LogP contribution in [0.2, 0.25) is 0 Å². The number of benzene rings is 1. The molecule has 0 aliphatic carbocycles. The monoisotopic (exact) mass is 287 g/mol. The summed E-state index contributed by atoms with van der Waals surface area (Å²) in [7, 11) is 1.77. The van der Waals surface area contributed by atoms with Gasteiger partial charge in [-0.15, -0.1) is 0 Å². The van der Waals surface area contributed by atoms with E-state index in [0.717, 1.165) is 31.1 Å². The van der Waals surface area contributed by atoms with Crippen molar-refractivity contribution in [3.8, 4) is 5.69 Å². The Kier molecular flexibility index (Phi) is 3.88. The van der Waals surface area contributed by atoms with Crippen LogP contribution in [0.15, 0.2) is 24.3 Å². The lowest BCUT2D eigenvalue weighted by Gasteiger charge is -2.36. The van der Waals surface area contributed by atoms with Gasteiger partial charge in [0.1, 0.15) is 0 Å². The Balaban J connectivity index is 1.87. The number of piperidine rings is 1. The molecule has 0 saturated carbocycles. The molecule has 0 bridgehead atoms. The van der Waals surface area contributed by atoms with Crippen molar-refractivity contribution in [2.45, 2.75) is 26.4 Å². The Morgan fingerprint density at radius 3 is 2.71 bits per heavy atom. The number of hydrogen-bond acceptors (Lipinski definition) is 5. The molecular formula is C15H21N5O. The Hall–Kier alpha value is -1.95. The predicted molar refractivity (Wildman–Crippen MR) is 80.7 cm³/mol. The van der Waals surface area contributed by atoms with Gasteiger partial charge in [0.05, 0.1) is 11.8 Å². The van der Waals surface area contributed by atoms with Crippen LogP contribution in [-0.4, -0.2) is 46.5 Å². The highest BCUT2D eigenvalue weighted by Gasteiger charge is 2.29. The van der Waals surface area contributed by atoms with Crippen molar-refractivity contribution in [3.63, 3.8) is 0 Å². The van der Waals surface area contributed by atoms with E-state index in [9.17, 15) is 0 Å². The highest BCUT2D eigenvalue weighted by molar-refractivity contribution is 5.42. The Morgan fingerprint density at radius 1 is 1.24 bits per heavy atom. The van der Waals surface area contributed by atoms with Gasteiger partial charge in [0.15, 0.2) is 0 Å². The molecule has 1 fully saturated rings. The van der Waals surface area contributed by atoms with Gasteiger partial charge in [-0.05, 0) is 41.8 Å². The van der Waals surface area contributed by atoms with Crippen molar-refractivity contribution >= 4 is 5.95 Å². The van der Waals surface area contributed by atoms with E-state index >= 15 is 0 Å². The van der Waals surface area contributed by atoms with Crippen LogP contribution in [0.1, 0.15) is 18.9 Å². The second-order valence-corrected chi connectivity index (χ2v) is 5.71. The molecule has 2 unspecified atom stereocenters. The minimum Gasteiger partial charge on any atom is -0.379 e. The molecule has 1 aliphatic heterocycles. The SMILES string of the molecule is COC1CN(c2nnnn2-c2ccc(C)cc2)CCC1C. The van der Waals surface area contributed by atoms with E-state index < -0.39 is 0 Å². The van der Waals surface area contributed by atoms with Gasteiger partial charge in [-0.25, -0.2) is 0 Å². The predicted octanol–water partition coefficient (Wildman–Crippen LogP) is 1.83. The number of nitrogens with zero attached hydrogens (tertiary/aromatic N) is 5. The van der Waals surface area contributed by atoms with Crippen LogP contribution in [0.5, 0.6) is 0 Å². The summed E-state index contributed by atoms with van der Waals surface area (Å²) in [6.07, 6.45) is 1.31. The quantitative estimate of drug-likeness (QED) is 0.862. The third-order valence-corrected chi connectivity index (χ3v) is 4.21. The molecule has 0 spiro atoms. The summed E-state index contributed by atoms with van der Waals surface area (Å²) in [5.41, 5.74) is 2.20. The smallest absolute Gasteiger partial charge is 0.250 e. The molecule has 0 N–H and O–H groups in total. The zero-order valence-electron chi connectivity index (χ0n) is 12.7. The summed E-state index contributed by atoms with van der Waals surface area (Å²) in [5.74, 6) is 1.35. The van der Waals surface area contributed by atoms with Gasteiger partial charge < -0.3 is 9.64 Å². The molecule has 6 heteroatoms. The standard InChI is InChI=1S/C15H21N5O/c1-11-4-6-13(7-5-11)20-15(16-17-18-20)19-9-8-12(2)14(10-19)21-3/h4-7,12,14H,8-10H2,1-3H3. The molecule has 0 radical (unpaired) electrons. The van der Waals surface area contributed by atoms with Crippen molar-refractivity contribution in [2.75, 3.05) is 25.1 Å². The zero-order valence-corrected chi connectivity index (χ0v) is 12.7. The van der Waals surface area contributed by atoms with Crippen LogP contribution in [0.3, 0.4) is 0 Å². The summed E-state index contributed by atoms with van der Waals surface area (Å²) in [6.45, 7) is 6.07. The van der Waals surface area contributed by atoms with Crippen molar-refractivity contribution in [3.05, 3.63) is 29.8 Å². The summed E-state index contributed by atoms with van der Waals surface area (Å²) >= 11 is 0. The first-order chi connectivity index (χ1) is 10.2. The number of hydrogen-bond donors (Lipinski definition) is 0. The highest BCUT2D eigenvalue weighted by Crippen LogP contribution is 2.24. The third kappa shape index (κ3) is 2.76. The Bertz CT molecular complexity index is 594. The number of methoxy groups -OCH3 is 1. The summed E-state index contributed by atoms with van der Waals surface area (Å²) in [4.78, 5) is 2.20. The van der Waals surface area contributed by atoms with Gasteiger partial charge in [-0.1, -0.05) is 29.7 Å².